The van der Waals surface area contributed by atoms with Gasteiger partial charge in [0.25, 0.3) is 0 Å². The van der Waals surface area contributed by atoms with Crippen LogP contribution in [0.5, 0.6) is 0 Å². The number of nitrogens with one attached hydrogen (secondary N) is 2. The number of fused-ring (bicyclic) bond motifs is 1. The molecule has 1 unspecified atom stereocenters. The number of benzene rings is 2. The van der Waals surface area contributed by atoms with E-state index in [1.54, 1.807) is 4.90 Å². The molecule has 2 atom stereocenters. The molecule has 5 nitrogen and oxygen atoms in total. The Morgan fingerprint density at radius 3 is 2.80 bits per heavy atom. The highest BCUT2D eigenvalue weighted by Gasteiger charge is 2.35. The van der Waals surface area contributed by atoms with Gasteiger partial charge >= 0.3 is 0 Å². The maximum atomic E-state index is 12.5. The third kappa shape index (κ3) is 3.82. The topological polar surface area (TPSA) is 61.4 Å². The van der Waals surface area contributed by atoms with Crippen LogP contribution in [-0.4, -0.2) is 37.5 Å². The van der Waals surface area contributed by atoms with Gasteiger partial charge in [-0.15, -0.1) is 0 Å². The zero-order chi connectivity index (χ0) is 17.8. The van der Waals surface area contributed by atoms with Crippen LogP contribution in [0.2, 0.25) is 0 Å². The molecule has 1 heterocycles. The summed E-state index contributed by atoms with van der Waals surface area (Å²) >= 11 is 0. The molecule has 3 rings (SSSR count). The van der Waals surface area contributed by atoms with Gasteiger partial charge in [-0.3, -0.25) is 9.59 Å². The summed E-state index contributed by atoms with van der Waals surface area (Å²) in [5, 5.41) is 8.36. The third-order valence-corrected chi connectivity index (χ3v) is 4.69. The average molecular weight is 339 g/mol. The fraction of sp³-hybridized carbons (Fsp3) is 0.400. The number of amides is 2. The van der Waals surface area contributed by atoms with Crippen molar-refractivity contribution < 1.29 is 9.59 Å². The summed E-state index contributed by atoms with van der Waals surface area (Å²) in [5.41, 5.74) is 0.888. The van der Waals surface area contributed by atoms with E-state index in [-0.39, 0.29) is 30.2 Å². The maximum Gasteiger partial charge on any atom is 0.227 e. The van der Waals surface area contributed by atoms with E-state index < -0.39 is 0 Å². The van der Waals surface area contributed by atoms with E-state index in [1.807, 2.05) is 56.3 Å². The van der Waals surface area contributed by atoms with Crippen molar-refractivity contribution in [2.45, 2.75) is 26.3 Å². The zero-order valence-electron chi connectivity index (χ0n) is 14.8. The van der Waals surface area contributed by atoms with Gasteiger partial charge in [-0.1, -0.05) is 43.3 Å². The molecule has 132 valence electrons. The minimum absolute atomic E-state index is 0.0104. The standard InChI is InChI=1S/C20H25N3O2/c1-3-21-14(2)12-22-20(25)16-11-19(24)23(13-16)18-10-6-8-15-7-4-5-9-17(15)18/h4-10,14,16,21H,3,11-13H2,1-2H3,(H,22,25)/t14-,16?/m1/s1. The van der Waals surface area contributed by atoms with E-state index in [4.69, 9.17) is 0 Å². The summed E-state index contributed by atoms with van der Waals surface area (Å²) in [4.78, 5) is 26.7. The van der Waals surface area contributed by atoms with E-state index in [0.29, 0.717) is 13.1 Å². The Kier molecular flexibility index (Phi) is 5.34. The van der Waals surface area contributed by atoms with Crippen molar-refractivity contribution in [1.82, 2.24) is 10.6 Å². The normalized spacial score (nSPS) is 18.6. The van der Waals surface area contributed by atoms with Crippen LogP contribution >= 0.6 is 0 Å². The van der Waals surface area contributed by atoms with Gasteiger partial charge in [-0.25, -0.2) is 0 Å². The Labute approximate surface area is 148 Å². The second-order valence-corrected chi connectivity index (χ2v) is 6.61. The summed E-state index contributed by atoms with van der Waals surface area (Å²) < 4.78 is 0. The molecular formula is C20H25N3O2. The van der Waals surface area contributed by atoms with Crippen molar-refractivity contribution >= 4 is 28.3 Å². The average Bonchev–Trinajstić information content (AvgIpc) is 3.01. The molecule has 2 amide bonds. The minimum Gasteiger partial charge on any atom is -0.354 e. The lowest BCUT2D eigenvalue weighted by Crippen LogP contribution is -2.41. The molecule has 1 saturated heterocycles. The minimum atomic E-state index is -0.291. The van der Waals surface area contributed by atoms with Crippen molar-refractivity contribution in [3.05, 3.63) is 42.5 Å². The number of hydrogen-bond acceptors (Lipinski definition) is 3. The van der Waals surface area contributed by atoms with Gasteiger partial charge in [-0.05, 0) is 24.9 Å². The number of hydrogen-bond donors (Lipinski definition) is 2. The lowest BCUT2D eigenvalue weighted by molar-refractivity contribution is -0.126. The molecule has 0 saturated carbocycles. The first-order valence-corrected chi connectivity index (χ1v) is 8.89. The number of nitrogens with zero attached hydrogens (tertiary/aromatic N) is 1. The molecule has 25 heavy (non-hydrogen) atoms. The molecule has 0 radical (unpaired) electrons. The Balaban J connectivity index is 1.71. The van der Waals surface area contributed by atoms with Crippen molar-refractivity contribution in [2.24, 2.45) is 5.92 Å². The van der Waals surface area contributed by atoms with Crippen molar-refractivity contribution in [2.75, 3.05) is 24.5 Å². The first kappa shape index (κ1) is 17.4. The summed E-state index contributed by atoms with van der Waals surface area (Å²) in [7, 11) is 0. The van der Waals surface area contributed by atoms with Gasteiger partial charge in [0.1, 0.15) is 0 Å². The smallest absolute Gasteiger partial charge is 0.227 e. The monoisotopic (exact) mass is 339 g/mol. The number of likely N-dealkylation sites (N-methyl/N-ethyl adjacent to an activating group) is 1. The van der Waals surface area contributed by atoms with Gasteiger partial charge < -0.3 is 15.5 Å². The van der Waals surface area contributed by atoms with Crippen LogP contribution in [0.25, 0.3) is 10.8 Å². The van der Waals surface area contributed by atoms with Crippen LogP contribution in [0.1, 0.15) is 20.3 Å². The summed E-state index contributed by atoms with van der Waals surface area (Å²) in [6.45, 7) is 5.95. The first-order valence-electron chi connectivity index (χ1n) is 8.89. The molecule has 0 aliphatic carbocycles. The second kappa shape index (κ2) is 7.66. The molecule has 2 aromatic carbocycles. The first-order chi connectivity index (χ1) is 12.1. The predicted octanol–water partition coefficient (Wildman–Crippen LogP) is 2.31. The molecule has 1 aliphatic rings. The highest BCUT2D eigenvalue weighted by Crippen LogP contribution is 2.31. The van der Waals surface area contributed by atoms with Gasteiger partial charge in [0.15, 0.2) is 0 Å². The highest BCUT2D eigenvalue weighted by molar-refractivity contribution is 6.06. The number of carbonyl (C=O) groups is 2. The Bertz CT molecular complexity index is 769. The van der Waals surface area contributed by atoms with E-state index in [0.717, 1.165) is 23.0 Å². The zero-order valence-corrected chi connectivity index (χ0v) is 14.8. The SMILES string of the molecule is CCN[C@H](C)CNC(=O)C1CC(=O)N(c2cccc3ccccc23)C1. The van der Waals surface area contributed by atoms with Crippen molar-refractivity contribution in [3.63, 3.8) is 0 Å². The van der Waals surface area contributed by atoms with E-state index >= 15 is 0 Å². The Morgan fingerprint density at radius 1 is 1.24 bits per heavy atom. The van der Waals surface area contributed by atoms with Crippen LogP contribution in [0.15, 0.2) is 42.5 Å². The predicted molar refractivity (Wildman–Crippen MR) is 101 cm³/mol. The lowest BCUT2D eigenvalue weighted by atomic mass is 10.1. The molecule has 1 aliphatic heterocycles. The van der Waals surface area contributed by atoms with Crippen LogP contribution in [0.4, 0.5) is 5.69 Å². The third-order valence-electron chi connectivity index (χ3n) is 4.69. The molecular weight excluding hydrogens is 314 g/mol. The van der Waals surface area contributed by atoms with Crippen molar-refractivity contribution in [3.8, 4) is 0 Å². The Morgan fingerprint density at radius 2 is 2.00 bits per heavy atom. The molecule has 5 heteroatoms. The summed E-state index contributed by atoms with van der Waals surface area (Å²) in [5.74, 6) is -0.322. The fourth-order valence-electron chi connectivity index (χ4n) is 3.38. The molecule has 0 bridgehead atoms. The fourth-order valence-corrected chi connectivity index (χ4v) is 3.38. The highest BCUT2D eigenvalue weighted by atomic mass is 16.2. The maximum absolute atomic E-state index is 12.5. The molecule has 0 aromatic heterocycles. The molecule has 2 N–H and O–H groups in total. The van der Waals surface area contributed by atoms with Crippen LogP contribution in [0.3, 0.4) is 0 Å². The second-order valence-electron chi connectivity index (χ2n) is 6.61. The van der Waals surface area contributed by atoms with Crippen LogP contribution in [-0.2, 0) is 9.59 Å². The van der Waals surface area contributed by atoms with Crippen molar-refractivity contribution in [1.29, 1.82) is 0 Å². The molecule has 2 aromatic rings. The number of carbonyl (C=O) groups excluding carboxylic acids is 2. The molecule has 1 fully saturated rings. The van der Waals surface area contributed by atoms with Crippen LogP contribution < -0.4 is 15.5 Å². The van der Waals surface area contributed by atoms with Gasteiger partial charge in [0.2, 0.25) is 11.8 Å². The Hall–Kier alpha value is -2.40. The summed E-state index contributed by atoms with van der Waals surface area (Å²) in [6.07, 6.45) is 0.268. The van der Waals surface area contributed by atoms with E-state index in [2.05, 4.69) is 10.6 Å². The van der Waals surface area contributed by atoms with Gasteiger partial charge in [-0.2, -0.15) is 0 Å². The quantitative estimate of drug-likeness (QED) is 0.849. The van der Waals surface area contributed by atoms with E-state index in [9.17, 15) is 9.59 Å². The molecule has 0 spiro atoms. The number of rotatable bonds is 6. The van der Waals surface area contributed by atoms with Crippen LogP contribution in [0, 0.1) is 5.92 Å². The lowest BCUT2D eigenvalue weighted by Gasteiger charge is -2.19. The van der Waals surface area contributed by atoms with E-state index in [1.165, 1.54) is 0 Å². The number of anilines is 1. The largest absolute Gasteiger partial charge is 0.354 e. The van der Waals surface area contributed by atoms with Gasteiger partial charge in [0, 0.05) is 30.9 Å². The van der Waals surface area contributed by atoms with Gasteiger partial charge in [0.05, 0.1) is 11.6 Å². The summed E-state index contributed by atoms with van der Waals surface area (Å²) in [6, 6.07) is 14.2.